The predicted molar refractivity (Wildman–Crippen MR) is 110 cm³/mol. The van der Waals surface area contributed by atoms with Crippen molar-refractivity contribution in [3.63, 3.8) is 0 Å². The normalized spacial score (nSPS) is 12.1. The van der Waals surface area contributed by atoms with Crippen molar-refractivity contribution in [1.29, 1.82) is 0 Å². The molecule has 7 heteroatoms. The fraction of sp³-hybridized carbons (Fsp3) is 0.250. The van der Waals surface area contributed by atoms with Crippen molar-refractivity contribution in [2.45, 2.75) is 31.6 Å². The predicted octanol–water partition coefficient (Wildman–Crippen LogP) is 4.04. The summed E-state index contributed by atoms with van der Waals surface area (Å²) in [5.41, 5.74) is 1.50. The number of rotatable bonds is 6. The molecule has 0 unspecified atom stereocenters. The lowest BCUT2D eigenvalue weighted by atomic mass is 10.1. The molecule has 1 amide bonds. The van der Waals surface area contributed by atoms with Crippen LogP contribution in [0.15, 0.2) is 58.5 Å². The number of hydrogen-bond donors (Lipinski definition) is 1. The summed E-state index contributed by atoms with van der Waals surface area (Å²) in [6.45, 7) is 4.30. The molecule has 0 saturated heterocycles. The van der Waals surface area contributed by atoms with Crippen molar-refractivity contribution < 1.29 is 4.79 Å². The molecule has 1 aromatic heterocycles. The second kappa shape index (κ2) is 8.59. The summed E-state index contributed by atoms with van der Waals surface area (Å²) >= 11 is 7.27. The zero-order chi connectivity index (χ0) is 19.4. The van der Waals surface area contributed by atoms with Gasteiger partial charge >= 0.3 is 0 Å². The molecule has 3 rings (SSSR count). The molecule has 0 spiro atoms. The van der Waals surface area contributed by atoms with Gasteiger partial charge in [-0.1, -0.05) is 47.6 Å². The first-order valence-corrected chi connectivity index (χ1v) is 10.0. The second-order valence-corrected chi connectivity index (χ2v) is 7.47. The van der Waals surface area contributed by atoms with E-state index in [0.29, 0.717) is 27.6 Å². The van der Waals surface area contributed by atoms with Crippen LogP contribution in [-0.4, -0.2) is 21.2 Å². The van der Waals surface area contributed by atoms with Crippen LogP contribution in [0.4, 0.5) is 0 Å². The Labute approximate surface area is 166 Å². The Hall–Kier alpha value is -2.31. The molecule has 0 aliphatic carbocycles. The van der Waals surface area contributed by atoms with Gasteiger partial charge in [-0.05, 0) is 43.7 Å². The van der Waals surface area contributed by atoms with E-state index in [1.165, 1.54) is 11.8 Å². The van der Waals surface area contributed by atoms with Crippen LogP contribution in [0.3, 0.4) is 0 Å². The summed E-state index contributed by atoms with van der Waals surface area (Å²) in [6, 6.07) is 14.5. The van der Waals surface area contributed by atoms with E-state index < -0.39 is 0 Å². The van der Waals surface area contributed by atoms with Gasteiger partial charge in [0.05, 0.1) is 22.7 Å². The smallest absolute Gasteiger partial charge is 0.262 e. The highest BCUT2D eigenvalue weighted by Crippen LogP contribution is 2.20. The van der Waals surface area contributed by atoms with Gasteiger partial charge in [0.15, 0.2) is 5.16 Å². The lowest BCUT2D eigenvalue weighted by Crippen LogP contribution is -2.29. The first-order valence-electron chi connectivity index (χ1n) is 8.66. The highest BCUT2D eigenvalue weighted by molar-refractivity contribution is 7.99. The van der Waals surface area contributed by atoms with E-state index in [1.54, 1.807) is 16.7 Å². The number of carbonyl (C=O) groups is 1. The third-order valence-electron chi connectivity index (χ3n) is 4.20. The molecule has 2 aromatic carbocycles. The summed E-state index contributed by atoms with van der Waals surface area (Å²) in [6.07, 6.45) is 0. The van der Waals surface area contributed by atoms with Crippen LogP contribution in [0.1, 0.15) is 25.5 Å². The van der Waals surface area contributed by atoms with Crippen molar-refractivity contribution in [3.05, 3.63) is 69.5 Å². The summed E-state index contributed by atoms with van der Waals surface area (Å²) in [7, 11) is 0. The Morgan fingerprint density at radius 3 is 2.78 bits per heavy atom. The van der Waals surface area contributed by atoms with Gasteiger partial charge in [-0.2, -0.15) is 0 Å². The standard InChI is InChI=1S/C20H20ClN3O2S/c1-3-24-19(26)16-9-4-5-10-17(16)23-20(24)27-12-18(25)22-13(2)14-7-6-8-15(21)11-14/h4-11,13H,3,12H2,1-2H3,(H,22,25)/t13-/m1/s1. The summed E-state index contributed by atoms with van der Waals surface area (Å²) < 4.78 is 1.60. The quantitative estimate of drug-likeness (QED) is 0.500. The van der Waals surface area contributed by atoms with Crippen LogP contribution in [0, 0.1) is 0 Å². The molecule has 0 bridgehead atoms. The van der Waals surface area contributed by atoms with Crippen LogP contribution < -0.4 is 10.9 Å². The number of benzene rings is 2. The average molecular weight is 402 g/mol. The maximum absolute atomic E-state index is 12.6. The molecule has 0 aliphatic heterocycles. The molecule has 1 atom stereocenters. The number of nitrogens with zero attached hydrogens (tertiary/aromatic N) is 2. The Morgan fingerprint density at radius 1 is 1.26 bits per heavy atom. The van der Waals surface area contributed by atoms with Crippen molar-refractivity contribution in [2.75, 3.05) is 5.75 Å². The zero-order valence-corrected chi connectivity index (χ0v) is 16.7. The van der Waals surface area contributed by atoms with Gasteiger partial charge in [-0.25, -0.2) is 4.98 Å². The van der Waals surface area contributed by atoms with Gasteiger partial charge in [0.2, 0.25) is 5.91 Å². The van der Waals surface area contributed by atoms with Gasteiger partial charge in [0.1, 0.15) is 0 Å². The number of aromatic nitrogens is 2. The van der Waals surface area contributed by atoms with Gasteiger partial charge in [0.25, 0.3) is 5.56 Å². The number of carbonyl (C=O) groups excluding carboxylic acids is 1. The monoisotopic (exact) mass is 401 g/mol. The fourth-order valence-corrected chi connectivity index (χ4v) is 3.88. The number of thioether (sulfide) groups is 1. The lowest BCUT2D eigenvalue weighted by Gasteiger charge is -2.15. The number of hydrogen-bond acceptors (Lipinski definition) is 4. The van der Waals surface area contributed by atoms with Crippen molar-refractivity contribution in [3.8, 4) is 0 Å². The maximum atomic E-state index is 12.6. The average Bonchev–Trinajstić information content (AvgIpc) is 2.66. The lowest BCUT2D eigenvalue weighted by molar-refractivity contribution is -0.119. The molecule has 1 heterocycles. The molecule has 140 valence electrons. The van der Waals surface area contributed by atoms with Crippen molar-refractivity contribution >= 4 is 40.2 Å². The SMILES string of the molecule is CCn1c(SCC(=O)N[C@H](C)c2cccc(Cl)c2)nc2ccccc2c1=O. The second-order valence-electron chi connectivity index (χ2n) is 6.09. The van der Waals surface area contributed by atoms with E-state index in [2.05, 4.69) is 10.3 Å². The Balaban J connectivity index is 1.72. The minimum atomic E-state index is -0.158. The summed E-state index contributed by atoms with van der Waals surface area (Å²) in [5.74, 6) is 0.0490. The number of halogens is 1. The molecule has 0 saturated carbocycles. The van der Waals surface area contributed by atoms with E-state index in [-0.39, 0.29) is 23.3 Å². The van der Waals surface area contributed by atoms with E-state index in [0.717, 1.165) is 5.56 Å². The first-order chi connectivity index (χ1) is 13.0. The Kier molecular flexibility index (Phi) is 6.19. The Bertz CT molecular complexity index is 1040. The largest absolute Gasteiger partial charge is 0.349 e. The van der Waals surface area contributed by atoms with Crippen LogP contribution >= 0.6 is 23.4 Å². The van der Waals surface area contributed by atoms with Crippen LogP contribution in [0.2, 0.25) is 5.02 Å². The molecule has 27 heavy (non-hydrogen) atoms. The third kappa shape index (κ3) is 4.51. The molecule has 0 radical (unpaired) electrons. The molecular weight excluding hydrogens is 382 g/mol. The van der Waals surface area contributed by atoms with Gasteiger partial charge in [0, 0.05) is 11.6 Å². The topological polar surface area (TPSA) is 64.0 Å². The molecular formula is C20H20ClN3O2S. The van der Waals surface area contributed by atoms with Gasteiger partial charge in [-0.15, -0.1) is 0 Å². The van der Waals surface area contributed by atoms with Crippen LogP contribution in [0.5, 0.6) is 0 Å². The number of nitrogens with one attached hydrogen (secondary N) is 1. The number of para-hydroxylation sites is 1. The minimum Gasteiger partial charge on any atom is -0.349 e. The number of amides is 1. The minimum absolute atomic E-state index is 0.0849. The molecule has 0 fully saturated rings. The van der Waals surface area contributed by atoms with Crippen LogP contribution in [-0.2, 0) is 11.3 Å². The fourth-order valence-electron chi connectivity index (χ4n) is 2.81. The maximum Gasteiger partial charge on any atom is 0.262 e. The first kappa shape index (κ1) is 19.5. The highest BCUT2D eigenvalue weighted by Gasteiger charge is 2.14. The molecule has 5 nitrogen and oxygen atoms in total. The van der Waals surface area contributed by atoms with Crippen LogP contribution in [0.25, 0.3) is 10.9 Å². The third-order valence-corrected chi connectivity index (χ3v) is 5.41. The Morgan fingerprint density at radius 2 is 2.04 bits per heavy atom. The van der Waals surface area contributed by atoms with Crippen molar-refractivity contribution in [1.82, 2.24) is 14.9 Å². The molecule has 3 aromatic rings. The number of fused-ring (bicyclic) bond motifs is 1. The molecule has 1 N–H and O–H groups in total. The van der Waals surface area contributed by atoms with E-state index in [9.17, 15) is 9.59 Å². The summed E-state index contributed by atoms with van der Waals surface area (Å²) in [5, 5.41) is 4.72. The summed E-state index contributed by atoms with van der Waals surface area (Å²) in [4.78, 5) is 29.5. The van der Waals surface area contributed by atoms with Crippen molar-refractivity contribution in [2.24, 2.45) is 0 Å². The van der Waals surface area contributed by atoms with E-state index >= 15 is 0 Å². The van der Waals surface area contributed by atoms with E-state index in [1.807, 2.05) is 50.2 Å². The van der Waals surface area contributed by atoms with Gasteiger partial charge < -0.3 is 5.32 Å². The van der Waals surface area contributed by atoms with Gasteiger partial charge in [-0.3, -0.25) is 14.2 Å². The molecule has 0 aliphatic rings. The highest BCUT2D eigenvalue weighted by atomic mass is 35.5. The van der Waals surface area contributed by atoms with E-state index in [4.69, 9.17) is 11.6 Å². The zero-order valence-electron chi connectivity index (χ0n) is 15.1.